The molecule has 9 heteroatoms. The Hall–Kier alpha value is -1.16. The molecule has 0 unspecified atom stereocenters. The maximum absolute atomic E-state index is 13.0. The Balaban J connectivity index is 1.64. The highest BCUT2D eigenvalue weighted by molar-refractivity contribution is 9.10. The lowest BCUT2D eigenvalue weighted by molar-refractivity contribution is 0.0691. The average Bonchev–Trinajstić information content (AvgIpc) is 2.73. The number of piperazine rings is 1. The highest BCUT2D eigenvalue weighted by Crippen LogP contribution is 2.27. The van der Waals surface area contributed by atoms with E-state index in [1.807, 2.05) is 0 Å². The Kier molecular flexibility index (Phi) is 7.01. The standard InChI is InChI=1S/C19H28BrN3O4S/c1-21(15-6-4-3-5-7-15)28(25,26)23-12-10-22(11-13-23)19(24)17-14-16(27-2)8-9-18(17)20/h8-9,14-15H,3-7,10-13H2,1-2H3. The van der Waals surface area contributed by atoms with Crippen LogP contribution in [-0.2, 0) is 10.2 Å². The topological polar surface area (TPSA) is 70.2 Å². The second-order valence-electron chi connectivity index (χ2n) is 7.35. The molecule has 1 aromatic carbocycles. The first-order chi connectivity index (χ1) is 13.3. The molecule has 1 saturated carbocycles. The number of ether oxygens (including phenoxy) is 1. The van der Waals surface area contributed by atoms with E-state index in [0.717, 1.165) is 25.7 Å². The summed E-state index contributed by atoms with van der Waals surface area (Å²) in [4.78, 5) is 14.6. The summed E-state index contributed by atoms with van der Waals surface area (Å²) in [6, 6.07) is 5.36. The van der Waals surface area contributed by atoms with Crippen molar-refractivity contribution in [3.05, 3.63) is 28.2 Å². The molecule has 28 heavy (non-hydrogen) atoms. The molecule has 0 N–H and O–H groups in total. The Bertz CT molecular complexity index is 803. The third-order valence-corrected chi connectivity index (χ3v) is 8.44. The average molecular weight is 474 g/mol. The molecule has 0 radical (unpaired) electrons. The fraction of sp³-hybridized carbons (Fsp3) is 0.632. The summed E-state index contributed by atoms with van der Waals surface area (Å²) in [5, 5.41) is 0. The van der Waals surface area contributed by atoms with Gasteiger partial charge in [0.1, 0.15) is 5.75 Å². The minimum Gasteiger partial charge on any atom is -0.497 e. The summed E-state index contributed by atoms with van der Waals surface area (Å²) >= 11 is 3.42. The molecule has 0 atom stereocenters. The van der Waals surface area contributed by atoms with Crippen LogP contribution in [0, 0.1) is 0 Å². The molecule has 2 fully saturated rings. The van der Waals surface area contributed by atoms with E-state index in [0.29, 0.717) is 42.0 Å². The van der Waals surface area contributed by atoms with E-state index in [1.165, 1.54) is 10.7 Å². The minimum atomic E-state index is -3.49. The Morgan fingerprint density at radius 2 is 1.79 bits per heavy atom. The van der Waals surface area contributed by atoms with Crippen molar-refractivity contribution in [2.24, 2.45) is 0 Å². The fourth-order valence-corrected chi connectivity index (χ4v) is 5.90. The molecule has 1 saturated heterocycles. The number of halogens is 1. The quantitative estimate of drug-likeness (QED) is 0.658. The highest BCUT2D eigenvalue weighted by Gasteiger charge is 2.35. The van der Waals surface area contributed by atoms with E-state index in [4.69, 9.17) is 4.74 Å². The highest BCUT2D eigenvalue weighted by atomic mass is 79.9. The SMILES string of the molecule is COc1ccc(Br)c(C(=O)N2CCN(S(=O)(=O)N(C)C3CCCCC3)CC2)c1. The van der Waals surface area contributed by atoms with E-state index in [1.54, 1.807) is 41.6 Å². The van der Waals surface area contributed by atoms with E-state index in [2.05, 4.69) is 15.9 Å². The van der Waals surface area contributed by atoms with Gasteiger partial charge in [-0.2, -0.15) is 17.0 Å². The van der Waals surface area contributed by atoms with Crippen LogP contribution in [0.5, 0.6) is 5.75 Å². The number of rotatable bonds is 5. The third kappa shape index (κ3) is 4.53. The molecule has 1 aliphatic carbocycles. The summed E-state index contributed by atoms with van der Waals surface area (Å²) in [6.45, 7) is 1.37. The van der Waals surface area contributed by atoms with Crippen LogP contribution in [0.4, 0.5) is 0 Å². The normalized spacial score (nSPS) is 19.8. The fourth-order valence-electron chi connectivity index (χ4n) is 3.90. The van der Waals surface area contributed by atoms with E-state index in [9.17, 15) is 13.2 Å². The van der Waals surface area contributed by atoms with Gasteiger partial charge in [0.2, 0.25) is 0 Å². The van der Waals surface area contributed by atoms with Gasteiger partial charge in [0.05, 0.1) is 12.7 Å². The lowest BCUT2D eigenvalue weighted by Gasteiger charge is -2.38. The monoisotopic (exact) mass is 473 g/mol. The number of methoxy groups -OCH3 is 1. The van der Waals surface area contributed by atoms with E-state index < -0.39 is 10.2 Å². The number of carbonyl (C=O) groups is 1. The maximum atomic E-state index is 13.0. The van der Waals surface area contributed by atoms with Crippen molar-refractivity contribution in [2.75, 3.05) is 40.3 Å². The van der Waals surface area contributed by atoms with Gasteiger partial charge in [0, 0.05) is 43.7 Å². The van der Waals surface area contributed by atoms with Crippen LogP contribution >= 0.6 is 15.9 Å². The number of hydrogen-bond donors (Lipinski definition) is 0. The van der Waals surface area contributed by atoms with Crippen LogP contribution in [0.3, 0.4) is 0 Å². The summed E-state index contributed by atoms with van der Waals surface area (Å²) in [6.07, 6.45) is 5.21. The Labute approximate surface area is 175 Å². The predicted molar refractivity (Wildman–Crippen MR) is 112 cm³/mol. The van der Waals surface area contributed by atoms with Gasteiger partial charge in [-0.05, 0) is 47.0 Å². The van der Waals surface area contributed by atoms with Crippen LogP contribution in [0.1, 0.15) is 42.5 Å². The van der Waals surface area contributed by atoms with Crippen LogP contribution in [0.25, 0.3) is 0 Å². The zero-order valence-corrected chi connectivity index (χ0v) is 18.8. The van der Waals surface area contributed by atoms with Crippen molar-refractivity contribution < 1.29 is 17.9 Å². The summed E-state index contributed by atoms with van der Waals surface area (Å²) in [7, 11) is -0.245. The van der Waals surface area contributed by atoms with Crippen LogP contribution < -0.4 is 4.74 Å². The van der Waals surface area contributed by atoms with Gasteiger partial charge in [-0.15, -0.1) is 0 Å². The first-order valence-corrected chi connectivity index (χ1v) is 11.9. The summed E-state index contributed by atoms with van der Waals surface area (Å²) < 4.78 is 34.9. The van der Waals surface area contributed by atoms with Crippen molar-refractivity contribution in [2.45, 2.75) is 38.1 Å². The molecule has 0 bridgehead atoms. The van der Waals surface area contributed by atoms with Gasteiger partial charge in [-0.1, -0.05) is 19.3 Å². The lowest BCUT2D eigenvalue weighted by Crippen LogP contribution is -2.55. The summed E-state index contributed by atoms with van der Waals surface area (Å²) in [5.74, 6) is 0.491. The zero-order valence-electron chi connectivity index (χ0n) is 16.4. The number of carbonyl (C=O) groups excluding carboxylic acids is 1. The van der Waals surface area contributed by atoms with Crippen molar-refractivity contribution >= 4 is 32.0 Å². The second kappa shape index (κ2) is 9.11. The molecule has 1 aromatic rings. The molecular formula is C19H28BrN3O4S. The lowest BCUT2D eigenvalue weighted by atomic mass is 9.96. The van der Waals surface area contributed by atoms with Crippen molar-refractivity contribution in [1.82, 2.24) is 13.5 Å². The van der Waals surface area contributed by atoms with Gasteiger partial charge in [0.15, 0.2) is 0 Å². The number of amides is 1. The predicted octanol–water partition coefficient (Wildman–Crippen LogP) is 2.72. The van der Waals surface area contributed by atoms with Gasteiger partial charge in [-0.3, -0.25) is 4.79 Å². The molecule has 2 aliphatic rings. The smallest absolute Gasteiger partial charge is 0.282 e. The second-order valence-corrected chi connectivity index (χ2v) is 10.2. The molecule has 3 rings (SSSR count). The number of nitrogens with zero attached hydrogens (tertiary/aromatic N) is 3. The molecule has 7 nitrogen and oxygen atoms in total. The van der Waals surface area contributed by atoms with Crippen molar-refractivity contribution in [3.63, 3.8) is 0 Å². The van der Waals surface area contributed by atoms with Crippen LogP contribution in [0.15, 0.2) is 22.7 Å². The zero-order chi connectivity index (χ0) is 20.3. The first-order valence-electron chi connectivity index (χ1n) is 9.70. The molecule has 0 spiro atoms. The Morgan fingerprint density at radius 3 is 2.39 bits per heavy atom. The molecule has 1 amide bonds. The molecular weight excluding hydrogens is 446 g/mol. The molecule has 1 aliphatic heterocycles. The molecule has 0 aromatic heterocycles. The van der Waals surface area contributed by atoms with Gasteiger partial charge in [-0.25, -0.2) is 0 Å². The van der Waals surface area contributed by atoms with Crippen molar-refractivity contribution in [1.29, 1.82) is 0 Å². The molecule has 1 heterocycles. The third-order valence-electron chi connectivity index (χ3n) is 5.71. The Morgan fingerprint density at radius 1 is 1.14 bits per heavy atom. The van der Waals surface area contributed by atoms with Gasteiger partial charge >= 0.3 is 0 Å². The van der Waals surface area contributed by atoms with Gasteiger partial charge < -0.3 is 9.64 Å². The molecule has 156 valence electrons. The number of benzene rings is 1. The van der Waals surface area contributed by atoms with E-state index in [-0.39, 0.29) is 11.9 Å². The van der Waals surface area contributed by atoms with Crippen LogP contribution in [-0.4, -0.2) is 74.2 Å². The largest absolute Gasteiger partial charge is 0.497 e. The van der Waals surface area contributed by atoms with Crippen LogP contribution in [0.2, 0.25) is 0 Å². The van der Waals surface area contributed by atoms with Gasteiger partial charge in [0.25, 0.3) is 16.1 Å². The minimum absolute atomic E-state index is 0.0890. The first kappa shape index (κ1) is 21.5. The summed E-state index contributed by atoms with van der Waals surface area (Å²) in [5.41, 5.74) is 0.523. The van der Waals surface area contributed by atoms with Crippen molar-refractivity contribution in [3.8, 4) is 5.75 Å². The number of hydrogen-bond acceptors (Lipinski definition) is 4. The maximum Gasteiger partial charge on any atom is 0.282 e. The van der Waals surface area contributed by atoms with E-state index >= 15 is 0 Å².